The lowest BCUT2D eigenvalue weighted by atomic mass is 10.2. The molecule has 0 aliphatic rings. The first-order valence-electron chi connectivity index (χ1n) is 7.86. The molecule has 0 aromatic heterocycles. The number of rotatable bonds is 6. The zero-order valence-corrected chi connectivity index (χ0v) is 17.5. The minimum atomic E-state index is -0.428. The third-order valence-corrected chi connectivity index (χ3v) is 5.17. The van der Waals surface area contributed by atoms with E-state index in [9.17, 15) is 4.39 Å². The van der Waals surface area contributed by atoms with Crippen molar-refractivity contribution in [2.24, 2.45) is 0 Å². The Labute approximate surface area is 173 Å². The quantitative estimate of drug-likeness (QED) is 0.387. The van der Waals surface area contributed by atoms with Gasteiger partial charge in [-0.25, -0.2) is 4.39 Å². The summed E-state index contributed by atoms with van der Waals surface area (Å²) in [6, 6.07) is 18.5. The molecule has 6 heteroatoms. The second kappa shape index (κ2) is 8.89. The zero-order valence-electron chi connectivity index (χ0n) is 13.6. The van der Waals surface area contributed by atoms with Gasteiger partial charge in [0, 0.05) is 12.2 Å². The van der Waals surface area contributed by atoms with Gasteiger partial charge in [-0.1, -0.05) is 41.9 Å². The highest BCUT2D eigenvalue weighted by Gasteiger charge is 2.10. The summed E-state index contributed by atoms with van der Waals surface area (Å²) in [6.07, 6.45) is 0. The standard InChI is InChI=1S/C20H15Br2ClFNO/c21-16-8-14(11-25-15-6-7-19(24)18(23)10-15)9-17(22)20(16)26-12-13-4-2-1-3-5-13/h1-10,25H,11-12H2. The van der Waals surface area contributed by atoms with Crippen LogP contribution in [0.2, 0.25) is 5.02 Å². The monoisotopic (exact) mass is 497 g/mol. The molecule has 0 heterocycles. The SMILES string of the molecule is Fc1ccc(NCc2cc(Br)c(OCc3ccccc3)c(Br)c2)cc1Cl. The second-order valence-electron chi connectivity index (χ2n) is 5.65. The number of hydrogen-bond acceptors (Lipinski definition) is 2. The van der Waals surface area contributed by atoms with E-state index >= 15 is 0 Å². The lowest BCUT2D eigenvalue weighted by Gasteiger charge is -2.13. The van der Waals surface area contributed by atoms with Gasteiger partial charge < -0.3 is 10.1 Å². The predicted octanol–water partition coefficient (Wildman–Crippen LogP) is 7.20. The summed E-state index contributed by atoms with van der Waals surface area (Å²) in [5.74, 6) is 0.324. The maximum absolute atomic E-state index is 13.2. The molecule has 0 aliphatic carbocycles. The van der Waals surface area contributed by atoms with E-state index in [-0.39, 0.29) is 5.02 Å². The van der Waals surface area contributed by atoms with Crippen LogP contribution in [0.1, 0.15) is 11.1 Å². The smallest absolute Gasteiger partial charge is 0.148 e. The van der Waals surface area contributed by atoms with E-state index in [2.05, 4.69) is 37.2 Å². The Balaban J connectivity index is 1.67. The lowest BCUT2D eigenvalue weighted by Crippen LogP contribution is -2.01. The van der Waals surface area contributed by atoms with E-state index in [1.807, 2.05) is 42.5 Å². The van der Waals surface area contributed by atoms with Crippen molar-refractivity contribution in [3.05, 3.63) is 91.6 Å². The van der Waals surface area contributed by atoms with Crippen LogP contribution in [0.4, 0.5) is 10.1 Å². The van der Waals surface area contributed by atoms with Crippen molar-refractivity contribution in [2.75, 3.05) is 5.32 Å². The van der Waals surface area contributed by atoms with Gasteiger partial charge in [-0.3, -0.25) is 0 Å². The molecule has 0 saturated heterocycles. The third-order valence-electron chi connectivity index (χ3n) is 3.70. The van der Waals surface area contributed by atoms with Gasteiger partial charge in [-0.05, 0) is 73.3 Å². The van der Waals surface area contributed by atoms with Gasteiger partial charge in [-0.15, -0.1) is 0 Å². The fraction of sp³-hybridized carbons (Fsp3) is 0.100. The van der Waals surface area contributed by atoms with Crippen LogP contribution in [0.15, 0.2) is 69.6 Å². The molecule has 0 atom stereocenters. The molecule has 0 unspecified atom stereocenters. The number of ether oxygens (including phenoxy) is 1. The summed E-state index contributed by atoms with van der Waals surface area (Å²) in [5, 5.41) is 3.33. The summed E-state index contributed by atoms with van der Waals surface area (Å²) in [7, 11) is 0. The Bertz CT molecular complexity index is 883. The molecular weight excluding hydrogens is 484 g/mol. The molecule has 0 spiro atoms. The molecule has 134 valence electrons. The highest BCUT2D eigenvalue weighted by atomic mass is 79.9. The van der Waals surface area contributed by atoms with E-state index < -0.39 is 5.82 Å². The maximum atomic E-state index is 13.2. The van der Waals surface area contributed by atoms with Crippen molar-refractivity contribution in [1.82, 2.24) is 0 Å². The number of benzene rings is 3. The molecular formula is C20H15Br2ClFNO. The van der Waals surface area contributed by atoms with E-state index in [0.29, 0.717) is 13.2 Å². The van der Waals surface area contributed by atoms with Gasteiger partial charge in [0.15, 0.2) is 0 Å². The van der Waals surface area contributed by atoms with Gasteiger partial charge in [-0.2, -0.15) is 0 Å². The van der Waals surface area contributed by atoms with Crippen LogP contribution in [0, 0.1) is 5.82 Å². The molecule has 1 N–H and O–H groups in total. The largest absolute Gasteiger partial charge is 0.487 e. The molecule has 3 aromatic rings. The van der Waals surface area contributed by atoms with Crippen molar-refractivity contribution >= 4 is 49.1 Å². The van der Waals surface area contributed by atoms with Crippen LogP contribution >= 0.6 is 43.5 Å². The number of nitrogens with one attached hydrogen (secondary N) is 1. The molecule has 2 nitrogen and oxygen atoms in total. The topological polar surface area (TPSA) is 21.3 Å². The molecule has 3 rings (SSSR count). The molecule has 0 amide bonds. The van der Waals surface area contributed by atoms with Crippen molar-refractivity contribution in [3.63, 3.8) is 0 Å². The summed E-state index contributed by atoms with van der Waals surface area (Å²) in [5.41, 5.74) is 2.90. The van der Waals surface area contributed by atoms with E-state index in [4.69, 9.17) is 16.3 Å². The fourth-order valence-corrected chi connectivity index (χ4v) is 4.08. The van der Waals surface area contributed by atoms with Crippen molar-refractivity contribution < 1.29 is 9.13 Å². The summed E-state index contributed by atoms with van der Waals surface area (Å²) >= 11 is 12.9. The van der Waals surface area contributed by atoms with Crippen molar-refractivity contribution in [2.45, 2.75) is 13.2 Å². The minimum absolute atomic E-state index is 0.0991. The Kier molecular flexibility index (Phi) is 6.57. The highest BCUT2D eigenvalue weighted by molar-refractivity contribution is 9.11. The number of anilines is 1. The predicted molar refractivity (Wildman–Crippen MR) is 111 cm³/mol. The van der Waals surface area contributed by atoms with Gasteiger partial charge in [0.05, 0.1) is 14.0 Å². The van der Waals surface area contributed by atoms with Crippen LogP contribution in [-0.2, 0) is 13.2 Å². The molecule has 0 saturated carbocycles. The van der Waals surface area contributed by atoms with Gasteiger partial charge in [0.25, 0.3) is 0 Å². The highest BCUT2D eigenvalue weighted by Crippen LogP contribution is 2.35. The minimum Gasteiger partial charge on any atom is -0.487 e. The van der Waals surface area contributed by atoms with Crippen LogP contribution in [-0.4, -0.2) is 0 Å². The molecule has 0 aliphatic heterocycles. The lowest BCUT2D eigenvalue weighted by molar-refractivity contribution is 0.302. The van der Waals surface area contributed by atoms with Crippen molar-refractivity contribution in [3.8, 4) is 5.75 Å². The van der Waals surface area contributed by atoms with Crippen LogP contribution in [0.5, 0.6) is 5.75 Å². The Morgan fingerprint density at radius 1 is 0.923 bits per heavy atom. The molecule has 0 bridgehead atoms. The average Bonchev–Trinajstić information content (AvgIpc) is 2.63. The molecule has 26 heavy (non-hydrogen) atoms. The number of halogens is 4. The summed E-state index contributed by atoms with van der Waals surface area (Å²) < 4.78 is 20.9. The van der Waals surface area contributed by atoms with Gasteiger partial charge in [0.1, 0.15) is 18.2 Å². The normalized spacial score (nSPS) is 10.6. The third kappa shape index (κ3) is 5.00. The van der Waals surface area contributed by atoms with Crippen molar-refractivity contribution in [1.29, 1.82) is 0 Å². The van der Waals surface area contributed by atoms with E-state index in [1.165, 1.54) is 6.07 Å². The van der Waals surface area contributed by atoms with Crippen LogP contribution in [0.3, 0.4) is 0 Å². The van der Waals surface area contributed by atoms with Gasteiger partial charge >= 0.3 is 0 Å². The Hall–Kier alpha value is -1.56. The second-order valence-corrected chi connectivity index (χ2v) is 7.76. The Morgan fingerprint density at radius 2 is 1.62 bits per heavy atom. The van der Waals surface area contributed by atoms with Gasteiger partial charge in [0.2, 0.25) is 0 Å². The first-order valence-corrected chi connectivity index (χ1v) is 9.83. The molecule has 3 aromatic carbocycles. The summed E-state index contributed by atoms with van der Waals surface area (Å²) in [6.45, 7) is 1.06. The molecule has 0 radical (unpaired) electrons. The molecule has 0 fully saturated rings. The van der Waals surface area contributed by atoms with Crippen LogP contribution < -0.4 is 10.1 Å². The van der Waals surface area contributed by atoms with E-state index in [1.54, 1.807) is 12.1 Å². The first kappa shape index (κ1) is 19.2. The zero-order chi connectivity index (χ0) is 18.5. The summed E-state index contributed by atoms with van der Waals surface area (Å²) in [4.78, 5) is 0. The van der Waals surface area contributed by atoms with E-state index in [0.717, 1.165) is 31.5 Å². The Morgan fingerprint density at radius 3 is 2.27 bits per heavy atom. The van der Waals surface area contributed by atoms with Crippen LogP contribution in [0.25, 0.3) is 0 Å². The maximum Gasteiger partial charge on any atom is 0.148 e. The average molecular weight is 500 g/mol. The number of hydrogen-bond donors (Lipinski definition) is 1. The first-order chi connectivity index (χ1) is 12.5. The fourth-order valence-electron chi connectivity index (χ4n) is 2.39.